The first-order valence-electron chi connectivity index (χ1n) is 5.65. The molecule has 19 heavy (non-hydrogen) atoms. The van der Waals surface area contributed by atoms with Crippen LogP contribution in [0.15, 0.2) is 18.2 Å². The van der Waals surface area contributed by atoms with Crippen LogP contribution in [0.1, 0.15) is 27.7 Å². The molecule has 104 valence electrons. The van der Waals surface area contributed by atoms with Gasteiger partial charge in [-0.2, -0.15) is 0 Å². The SMILES string of the molecule is CC(=O)Oc1cc(NC(=O)OC(C)(C)C)ccc1Cl. The van der Waals surface area contributed by atoms with Crippen LogP contribution in [-0.2, 0) is 9.53 Å². The summed E-state index contributed by atoms with van der Waals surface area (Å²) in [7, 11) is 0. The fourth-order valence-electron chi connectivity index (χ4n) is 1.24. The summed E-state index contributed by atoms with van der Waals surface area (Å²) < 4.78 is 10.0. The van der Waals surface area contributed by atoms with Gasteiger partial charge in [0.2, 0.25) is 0 Å². The van der Waals surface area contributed by atoms with Crippen molar-refractivity contribution in [1.82, 2.24) is 0 Å². The van der Waals surface area contributed by atoms with E-state index in [1.54, 1.807) is 26.8 Å². The first-order chi connectivity index (χ1) is 8.67. The highest BCUT2D eigenvalue weighted by molar-refractivity contribution is 6.32. The third-order valence-electron chi connectivity index (χ3n) is 1.83. The molecule has 5 nitrogen and oxygen atoms in total. The monoisotopic (exact) mass is 285 g/mol. The summed E-state index contributed by atoms with van der Waals surface area (Å²) in [5.41, 5.74) is -0.162. The average molecular weight is 286 g/mol. The normalized spacial score (nSPS) is 10.8. The van der Waals surface area contributed by atoms with E-state index in [1.807, 2.05) is 0 Å². The van der Waals surface area contributed by atoms with Crippen LogP contribution >= 0.6 is 11.6 Å². The number of halogens is 1. The van der Waals surface area contributed by atoms with Gasteiger partial charge in [0, 0.05) is 18.7 Å². The molecule has 0 spiro atoms. The van der Waals surface area contributed by atoms with E-state index in [0.29, 0.717) is 5.69 Å². The van der Waals surface area contributed by atoms with Gasteiger partial charge in [-0.3, -0.25) is 10.1 Å². The van der Waals surface area contributed by atoms with Crippen molar-refractivity contribution in [1.29, 1.82) is 0 Å². The lowest BCUT2D eigenvalue weighted by Gasteiger charge is -2.19. The van der Waals surface area contributed by atoms with Gasteiger partial charge in [0.05, 0.1) is 5.02 Å². The largest absolute Gasteiger partial charge is 0.444 e. The predicted molar refractivity (Wildman–Crippen MR) is 72.6 cm³/mol. The Labute approximate surface area is 116 Å². The number of hydrogen-bond donors (Lipinski definition) is 1. The molecule has 0 radical (unpaired) electrons. The zero-order valence-electron chi connectivity index (χ0n) is 11.2. The number of esters is 1. The molecule has 0 aliphatic rings. The van der Waals surface area contributed by atoms with Gasteiger partial charge in [-0.1, -0.05) is 11.6 Å². The average Bonchev–Trinajstić information content (AvgIpc) is 2.19. The molecule has 0 aliphatic heterocycles. The van der Waals surface area contributed by atoms with Crippen molar-refractivity contribution >= 4 is 29.4 Å². The molecule has 6 heteroatoms. The van der Waals surface area contributed by atoms with E-state index in [0.717, 1.165) is 0 Å². The maximum atomic E-state index is 11.6. The first-order valence-corrected chi connectivity index (χ1v) is 6.03. The van der Waals surface area contributed by atoms with Gasteiger partial charge in [-0.15, -0.1) is 0 Å². The molecular weight excluding hydrogens is 270 g/mol. The Morgan fingerprint density at radius 1 is 1.26 bits per heavy atom. The zero-order valence-corrected chi connectivity index (χ0v) is 12.0. The minimum atomic E-state index is -0.594. The topological polar surface area (TPSA) is 64.6 Å². The summed E-state index contributed by atoms with van der Waals surface area (Å²) in [5, 5.41) is 2.81. The molecule has 0 unspecified atom stereocenters. The lowest BCUT2D eigenvalue weighted by Crippen LogP contribution is -2.27. The van der Waals surface area contributed by atoms with Gasteiger partial charge in [0.25, 0.3) is 0 Å². The second kappa shape index (κ2) is 5.93. The molecule has 0 fully saturated rings. The van der Waals surface area contributed by atoms with Crippen molar-refractivity contribution in [3.05, 3.63) is 23.2 Å². The van der Waals surface area contributed by atoms with Crippen molar-refractivity contribution in [2.45, 2.75) is 33.3 Å². The summed E-state index contributed by atoms with van der Waals surface area (Å²) >= 11 is 5.86. The van der Waals surface area contributed by atoms with Gasteiger partial charge in [-0.25, -0.2) is 4.79 Å². The maximum absolute atomic E-state index is 11.6. The molecule has 1 N–H and O–H groups in total. The molecule has 0 aromatic heterocycles. The molecule has 0 bridgehead atoms. The summed E-state index contributed by atoms with van der Waals surface area (Å²) in [6, 6.07) is 4.55. The third kappa shape index (κ3) is 5.61. The minimum absolute atomic E-state index is 0.183. The van der Waals surface area contributed by atoms with E-state index in [-0.39, 0.29) is 10.8 Å². The molecule has 0 heterocycles. The van der Waals surface area contributed by atoms with Gasteiger partial charge in [-0.05, 0) is 32.9 Å². The zero-order chi connectivity index (χ0) is 14.6. The third-order valence-corrected chi connectivity index (χ3v) is 2.14. The number of carbonyl (C=O) groups excluding carboxylic acids is 2. The van der Waals surface area contributed by atoms with E-state index in [2.05, 4.69) is 5.32 Å². The number of nitrogens with one attached hydrogen (secondary N) is 1. The van der Waals surface area contributed by atoms with Crippen molar-refractivity contribution in [2.24, 2.45) is 0 Å². The van der Waals surface area contributed by atoms with Gasteiger partial charge in [0.1, 0.15) is 5.60 Å². The van der Waals surface area contributed by atoms with E-state index in [9.17, 15) is 9.59 Å². The van der Waals surface area contributed by atoms with E-state index < -0.39 is 17.7 Å². The molecule has 1 aromatic rings. The Balaban J connectivity index is 2.79. The number of rotatable bonds is 2. The second-order valence-electron chi connectivity index (χ2n) is 4.87. The second-order valence-corrected chi connectivity index (χ2v) is 5.27. The van der Waals surface area contributed by atoms with E-state index in [1.165, 1.54) is 19.1 Å². The number of ether oxygens (including phenoxy) is 2. The molecule has 1 amide bonds. The maximum Gasteiger partial charge on any atom is 0.412 e. The van der Waals surface area contributed by atoms with Crippen LogP contribution in [0.5, 0.6) is 5.75 Å². The van der Waals surface area contributed by atoms with E-state index >= 15 is 0 Å². The fraction of sp³-hybridized carbons (Fsp3) is 0.385. The lowest BCUT2D eigenvalue weighted by atomic mass is 10.2. The van der Waals surface area contributed by atoms with Crippen LogP contribution < -0.4 is 10.1 Å². The number of hydrogen-bond acceptors (Lipinski definition) is 4. The van der Waals surface area contributed by atoms with Crippen LogP contribution in [0.25, 0.3) is 0 Å². The Morgan fingerprint density at radius 2 is 1.89 bits per heavy atom. The van der Waals surface area contributed by atoms with Crippen LogP contribution in [0.3, 0.4) is 0 Å². The highest BCUT2D eigenvalue weighted by Crippen LogP contribution is 2.28. The van der Waals surface area contributed by atoms with Crippen molar-refractivity contribution < 1.29 is 19.1 Å². The molecule has 1 rings (SSSR count). The standard InChI is InChI=1S/C13H16ClNO4/c1-8(16)18-11-7-9(5-6-10(11)14)15-12(17)19-13(2,3)4/h5-7H,1-4H3,(H,15,17). The lowest BCUT2D eigenvalue weighted by molar-refractivity contribution is -0.131. The Morgan fingerprint density at radius 3 is 2.42 bits per heavy atom. The molecule has 0 atom stereocenters. The van der Waals surface area contributed by atoms with Gasteiger partial charge < -0.3 is 9.47 Å². The summed E-state index contributed by atoms with van der Waals surface area (Å²) in [6.07, 6.45) is -0.594. The predicted octanol–water partition coefficient (Wildman–Crippen LogP) is 3.61. The van der Waals surface area contributed by atoms with Crippen LogP contribution in [0, 0.1) is 0 Å². The number of amides is 1. The molecular formula is C13H16ClNO4. The van der Waals surface area contributed by atoms with Gasteiger partial charge in [0.15, 0.2) is 5.75 Å². The molecule has 0 saturated carbocycles. The smallest absolute Gasteiger partial charge is 0.412 e. The Kier molecular flexibility index (Phi) is 4.78. The molecule has 0 aliphatic carbocycles. The number of carbonyl (C=O) groups is 2. The highest BCUT2D eigenvalue weighted by Gasteiger charge is 2.16. The van der Waals surface area contributed by atoms with Crippen molar-refractivity contribution in [3.8, 4) is 5.75 Å². The van der Waals surface area contributed by atoms with E-state index in [4.69, 9.17) is 21.1 Å². The van der Waals surface area contributed by atoms with Crippen LogP contribution in [-0.4, -0.2) is 17.7 Å². The van der Waals surface area contributed by atoms with Crippen molar-refractivity contribution in [2.75, 3.05) is 5.32 Å². The molecule has 0 saturated heterocycles. The van der Waals surface area contributed by atoms with Crippen LogP contribution in [0.2, 0.25) is 5.02 Å². The number of anilines is 1. The summed E-state index contributed by atoms with van der Waals surface area (Å²) in [4.78, 5) is 22.5. The molecule has 1 aromatic carbocycles. The first kappa shape index (κ1) is 15.3. The number of benzene rings is 1. The van der Waals surface area contributed by atoms with Gasteiger partial charge >= 0.3 is 12.1 Å². The van der Waals surface area contributed by atoms with Crippen molar-refractivity contribution in [3.63, 3.8) is 0 Å². The quantitative estimate of drug-likeness (QED) is 0.666. The minimum Gasteiger partial charge on any atom is -0.444 e. The summed E-state index contributed by atoms with van der Waals surface area (Å²) in [5.74, 6) is -0.306. The fourth-order valence-corrected chi connectivity index (χ4v) is 1.39. The highest BCUT2D eigenvalue weighted by atomic mass is 35.5. The summed E-state index contributed by atoms with van der Waals surface area (Å²) in [6.45, 7) is 6.56. The Hall–Kier alpha value is -1.75. The van der Waals surface area contributed by atoms with Crippen LogP contribution in [0.4, 0.5) is 10.5 Å². The Bertz CT molecular complexity index is 494.